The first-order chi connectivity index (χ1) is 23.6. The number of para-hydroxylation sites is 1. The normalized spacial score (nSPS) is 15.0. The number of benzene rings is 2. The third kappa shape index (κ3) is 7.36. The van der Waals surface area contributed by atoms with Crippen molar-refractivity contribution in [2.45, 2.75) is 91.7 Å². The lowest BCUT2D eigenvalue weighted by atomic mass is 9.85. The molecule has 4 heterocycles. The van der Waals surface area contributed by atoms with Crippen molar-refractivity contribution >= 4 is 17.7 Å². The average molecular weight is 664 g/mol. The highest BCUT2D eigenvalue weighted by atomic mass is 16.6. The molecule has 1 fully saturated rings. The molecule has 0 spiro atoms. The maximum Gasteiger partial charge on any atom is 0.410 e. The van der Waals surface area contributed by atoms with Gasteiger partial charge in [0.15, 0.2) is 5.82 Å². The maximum absolute atomic E-state index is 12.6. The molecule has 1 saturated heterocycles. The van der Waals surface area contributed by atoms with Crippen LogP contribution in [-0.4, -0.2) is 63.6 Å². The van der Waals surface area contributed by atoms with Crippen molar-refractivity contribution in [3.8, 4) is 17.1 Å². The fourth-order valence-corrected chi connectivity index (χ4v) is 7.26. The van der Waals surface area contributed by atoms with E-state index in [0.29, 0.717) is 30.3 Å². The highest BCUT2D eigenvalue weighted by Crippen LogP contribution is 2.39. The molecular weight excluding hydrogens is 614 g/mol. The Morgan fingerprint density at radius 1 is 0.939 bits per heavy atom. The van der Waals surface area contributed by atoms with Crippen molar-refractivity contribution < 1.29 is 19.1 Å². The zero-order valence-electron chi connectivity index (χ0n) is 29.8. The Bertz CT molecular complexity index is 1820. The highest BCUT2D eigenvalue weighted by Gasteiger charge is 2.29. The van der Waals surface area contributed by atoms with Crippen molar-refractivity contribution in [2.75, 3.05) is 31.1 Å². The van der Waals surface area contributed by atoms with Gasteiger partial charge in [-0.25, -0.2) is 19.3 Å². The Kier molecular flexibility index (Phi) is 10.1. The summed E-state index contributed by atoms with van der Waals surface area (Å²) in [7, 11) is 0. The largest absolute Gasteiger partial charge is 0.462 e. The summed E-state index contributed by atoms with van der Waals surface area (Å²) in [6.07, 6.45) is 5.85. The average Bonchev–Trinajstić information content (AvgIpc) is 3.72. The van der Waals surface area contributed by atoms with Crippen LogP contribution >= 0.6 is 0 Å². The van der Waals surface area contributed by atoms with Gasteiger partial charge in [-0.1, -0.05) is 56.3 Å². The van der Waals surface area contributed by atoms with E-state index in [9.17, 15) is 9.59 Å². The lowest BCUT2D eigenvalue weighted by molar-refractivity contribution is 0.0204. The summed E-state index contributed by atoms with van der Waals surface area (Å²) in [6, 6.07) is 19.5. The van der Waals surface area contributed by atoms with Crippen molar-refractivity contribution in [1.29, 1.82) is 0 Å². The number of anilines is 1. The Labute approximate surface area is 290 Å². The van der Waals surface area contributed by atoms with Crippen LogP contribution in [-0.2, 0) is 35.3 Å². The van der Waals surface area contributed by atoms with Crippen molar-refractivity contribution in [3.63, 3.8) is 0 Å². The van der Waals surface area contributed by atoms with E-state index in [0.717, 1.165) is 68.8 Å². The van der Waals surface area contributed by atoms with E-state index in [1.165, 1.54) is 27.9 Å². The molecule has 49 heavy (non-hydrogen) atoms. The van der Waals surface area contributed by atoms with Crippen LogP contribution < -0.4 is 4.90 Å². The summed E-state index contributed by atoms with van der Waals surface area (Å²) in [6.45, 7) is 15.3. The smallest absolute Gasteiger partial charge is 0.410 e. The maximum atomic E-state index is 12.6. The Hall–Kier alpha value is -4.66. The SMILES string of the molecule is CCOC(=O)c1cnn(-c2cccc(-c3cccc4c3N(Cc3ccc(C5CCN(C(=O)OC(C)(C)C)CC5)c(CC)c3)CC4)n2)c1CC. The highest BCUT2D eigenvalue weighted by molar-refractivity contribution is 5.90. The molecule has 2 aliphatic heterocycles. The molecule has 2 aromatic carbocycles. The van der Waals surface area contributed by atoms with Gasteiger partial charge >= 0.3 is 12.1 Å². The number of rotatable bonds is 9. The van der Waals surface area contributed by atoms with E-state index in [4.69, 9.17) is 14.5 Å². The summed E-state index contributed by atoms with van der Waals surface area (Å²) >= 11 is 0. The van der Waals surface area contributed by atoms with Gasteiger partial charge in [0.1, 0.15) is 11.2 Å². The third-order valence-electron chi connectivity index (χ3n) is 9.56. The van der Waals surface area contributed by atoms with Crippen LogP contribution in [0.2, 0.25) is 0 Å². The molecule has 2 aromatic heterocycles. The number of hydrogen-bond acceptors (Lipinski definition) is 7. The molecule has 9 heteroatoms. The lowest BCUT2D eigenvalue weighted by Gasteiger charge is -2.34. The topological polar surface area (TPSA) is 89.8 Å². The number of hydrogen-bond donors (Lipinski definition) is 0. The quantitative estimate of drug-likeness (QED) is 0.168. The Balaban J connectivity index is 1.21. The van der Waals surface area contributed by atoms with E-state index in [-0.39, 0.29) is 12.1 Å². The van der Waals surface area contributed by atoms with Gasteiger partial charge in [0.25, 0.3) is 0 Å². The molecule has 0 unspecified atom stereocenters. The number of esters is 1. The summed E-state index contributed by atoms with van der Waals surface area (Å²) in [5.74, 6) is 0.754. The van der Waals surface area contributed by atoms with Crippen molar-refractivity contribution in [3.05, 3.63) is 94.3 Å². The second-order valence-electron chi connectivity index (χ2n) is 14.0. The summed E-state index contributed by atoms with van der Waals surface area (Å²) in [4.78, 5) is 34.6. The van der Waals surface area contributed by atoms with Gasteiger partial charge in [0.05, 0.1) is 24.2 Å². The summed E-state index contributed by atoms with van der Waals surface area (Å²) in [5.41, 5.74) is 9.41. The zero-order chi connectivity index (χ0) is 34.7. The number of aromatic nitrogens is 3. The fraction of sp³-hybridized carbons (Fsp3) is 0.450. The van der Waals surface area contributed by atoms with Gasteiger partial charge in [-0.2, -0.15) is 5.10 Å². The predicted octanol–water partition coefficient (Wildman–Crippen LogP) is 7.91. The number of carbonyl (C=O) groups excluding carboxylic acids is 2. The lowest BCUT2D eigenvalue weighted by Crippen LogP contribution is -2.41. The van der Waals surface area contributed by atoms with Gasteiger partial charge < -0.3 is 19.3 Å². The molecular formula is C40H49N5O4. The Morgan fingerprint density at radius 2 is 1.71 bits per heavy atom. The number of pyridine rings is 1. The molecule has 2 aliphatic rings. The monoisotopic (exact) mass is 663 g/mol. The molecule has 6 rings (SSSR count). The summed E-state index contributed by atoms with van der Waals surface area (Å²) < 4.78 is 12.6. The molecule has 0 aliphatic carbocycles. The Morgan fingerprint density at radius 3 is 2.43 bits per heavy atom. The van der Waals surface area contributed by atoms with Crippen LogP contribution in [0.25, 0.3) is 17.1 Å². The van der Waals surface area contributed by atoms with E-state index in [2.05, 4.69) is 59.4 Å². The molecule has 258 valence electrons. The van der Waals surface area contributed by atoms with Crippen LogP contribution in [0.5, 0.6) is 0 Å². The molecule has 9 nitrogen and oxygen atoms in total. The van der Waals surface area contributed by atoms with Crippen LogP contribution in [0.4, 0.5) is 10.5 Å². The van der Waals surface area contributed by atoms with Crippen LogP contribution in [0.15, 0.2) is 60.8 Å². The fourth-order valence-electron chi connectivity index (χ4n) is 7.26. The number of piperidine rings is 1. The minimum absolute atomic E-state index is 0.209. The first-order valence-electron chi connectivity index (χ1n) is 17.8. The van der Waals surface area contributed by atoms with Crippen molar-refractivity contribution in [1.82, 2.24) is 19.7 Å². The molecule has 1 amide bonds. The number of aryl methyl sites for hydroxylation is 1. The van der Waals surface area contributed by atoms with E-state index in [1.807, 2.05) is 44.7 Å². The van der Waals surface area contributed by atoms with E-state index < -0.39 is 5.60 Å². The number of nitrogens with zero attached hydrogens (tertiary/aromatic N) is 5. The van der Waals surface area contributed by atoms with Gasteiger partial charge in [0.2, 0.25) is 0 Å². The molecule has 0 saturated carbocycles. The van der Waals surface area contributed by atoms with E-state index >= 15 is 0 Å². The number of fused-ring (bicyclic) bond motifs is 1. The second kappa shape index (κ2) is 14.4. The first kappa shape index (κ1) is 34.2. The zero-order valence-corrected chi connectivity index (χ0v) is 29.8. The number of ether oxygens (including phenoxy) is 2. The summed E-state index contributed by atoms with van der Waals surface area (Å²) in [5, 5.41) is 4.54. The number of amides is 1. The van der Waals surface area contributed by atoms with Gasteiger partial charge in [0, 0.05) is 37.4 Å². The van der Waals surface area contributed by atoms with Gasteiger partial charge in [-0.15, -0.1) is 0 Å². The molecule has 0 atom stereocenters. The van der Waals surface area contributed by atoms with Crippen LogP contribution in [0, 0.1) is 0 Å². The second-order valence-corrected chi connectivity index (χ2v) is 14.0. The van der Waals surface area contributed by atoms with Gasteiger partial charge in [-0.05, 0) is 100 Å². The molecule has 0 bridgehead atoms. The molecule has 0 radical (unpaired) electrons. The van der Waals surface area contributed by atoms with Crippen LogP contribution in [0.1, 0.15) is 98.6 Å². The van der Waals surface area contributed by atoms with Crippen molar-refractivity contribution in [2.24, 2.45) is 0 Å². The number of likely N-dealkylation sites (tertiary alicyclic amines) is 1. The minimum atomic E-state index is -0.480. The van der Waals surface area contributed by atoms with Crippen LogP contribution in [0.3, 0.4) is 0 Å². The van der Waals surface area contributed by atoms with E-state index in [1.54, 1.807) is 17.8 Å². The van der Waals surface area contributed by atoms with Gasteiger partial charge in [-0.3, -0.25) is 0 Å². The molecule has 4 aromatic rings. The predicted molar refractivity (Wildman–Crippen MR) is 192 cm³/mol. The minimum Gasteiger partial charge on any atom is -0.462 e. The first-order valence-corrected chi connectivity index (χ1v) is 17.8. The molecule has 0 N–H and O–H groups in total. The third-order valence-corrected chi connectivity index (χ3v) is 9.56. The standard InChI is InChI=1S/C40H49N5O4/c1-7-28-24-27(16-17-31(28)29-18-21-43(22-19-29)39(47)49-40(4,5)6)26-44-23-20-30-12-10-13-32(37(30)44)34-14-11-15-36(42-34)45-35(8-2)33(25-41-45)38(46)48-9-3/h10-17,24-25,29H,7-9,18-23,26H2,1-6H3. The number of carbonyl (C=O) groups is 2.